The van der Waals surface area contributed by atoms with E-state index in [4.69, 9.17) is 18.5 Å². The van der Waals surface area contributed by atoms with Crippen LogP contribution in [0.4, 0.5) is 0 Å². The molecule has 0 spiro atoms. The van der Waals surface area contributed by atoms with Crippen molar-refractivity contribution in [2.24, 2.45) is 0 Å². The van der Waals surface area contributed by atoms with Gasteiger partial charge in [-0.1, -0.05) is 30.3 Å². The van der Waals surface area contributed by atoms with E-state index in [1.807, 2.05) is 30.3 Å². The Hall–Kier alpha value is -1.88. The van der Waals surface area contributed by atoms with E-state index in [2.05, 4.69) is 0 Å². The van der Waals surface area contributed by atoms with Gasteiger partial charge in [0.15, 0.2) is 0 Å². The lowest BCUT2D eigenvalue weighted by Gasteiger charge is -2.27. The zero-order chi connectivity index (χ0) is 17.0. The highest BCUT2D eigenvalue weighted by molar-refractivity contribution is 7.58. The molecule has 0 fully saturated rings. The maximum Gasteiger partial charge on any atom is 0.395 e. The molecule has 1 heterocycles. The summed E-state index contributed by atoms with van der Waals surface area (Å²) in [5.74, 6) is -0.667. The average molecular weight is 338 g/mol. The van der Waals surface area contributed by atoms with Gasteiger partial charge in [-0.25, -0.2) is 4.79 Å². The van der Waals surface area contributed by atoms with E-state index in [0.717, 1.165) is 5.56 Å². The molecule has 1 unspecified atom stereocenters. The molecule has 0 radical (unpaired) electrons. The van der Waals surface area contributed by atoms with Crippen molar-refractivity contribution in [1.82, 2.24) is 0 Å². The van der Waals surface area contributed by atoms with E-state index in [1.165, 1.54) is 21.3 Å². The SMILES string of the molecule is COC(=O)C1=C(C)OC(P(=O)(OC)OC)=CC1c1ccccc1. The number of esters is 1. The minimum atomic E-state index is -3.56. The molecule has 1 aliphatic heterocycles. The number of ether oxygens (including phenoxy) is 2. The van der Waals surface area contributed by atoms with Crippen molar-refractivity contribution in [2.75, 3.05) is 21.3 Å². The van der Waals surface area contributed by atoms with E-state index in [9.17, 15) is 9.36 Å². The van der Waals surface area contributed by atoms with E-state index < -0.39 is 19.5 Å². The molecule has 124 valence electrons. The normalized spacial score (nSPS) is 18.3. The highest BCUT2D eigenvalue weighted by Gasteiger charge is 2.38. The van der Waals surface area contributed by atoms with Crippen LogP contribution in [0.15, 0.2) is 53.2 Å². The predicted octanol–water partition coefficient (Wildman–Crippen LogP) is 3.57. The lowest BCUT2D eigenvalue weighted by molar-refractivity contribution is -0.136. The van der Waals surface area contributed by atoms with Crippen LogP contribution in [0.3, 0.4) is 0 Å². The molecule has 1 aromatic rings. The topological polar surface area (TPSA) is 71.1 Å². The minimum Gasteiger partial charge on any atom is -0.466 e. The molecule has 1 atom stereocenters. The number of hydrogen-bond acceptors (Lipinski definition) is 6. The second-order valence-corrected chi connectivity index (χ2v) is 6.99. The van der Waals surface area contributed by atoms with Crippen LogP contribution in [-0.4, -0.2) is 27.3 Å². The molecule has 0 N–H and O–H groups in total. The summed E-state index contributed by atoms with van der Waals surface area (Å²) in [6.45, 7) is 1.62. The van der Waals surface area contributed by atoms with Crippen LogP contribution in [0.25, 0.3) is 0 Å². The molecule has 1 aliphatic rings. The van der Waals surface area contributed by atoms with Crippen molar-refractivity contribution in [2.45, 2.75) is 12.8 Å². The molecular formula is C16H19O6P. The first kappa shape index (κ1) is 17.5. The fourth-order valence-corrected chi connectivity index (χ4v) is 3.49. The lowest BCUT2D eigenvalue weighted by atomic mass is 9.89. The van der Waals surface area contributed by atoms with Gasteiger partial charge in [0.05, 0.1) is 12.7 Å². The van der Waals surface area contributed by atoms with Gasteiger partial charge in [-0.15, -0.1) is 0 Å². The lowest BCUT2D eigenvalue weighted by Crippen LogP contribution is -2.19. The van der Waals surface area contributed by atoms with Crippen LogP contribution >= 0.6 is 7.60 Å². The fourth-order valence-electron chi connectivity index (χ4n) is 2.40. The minimum absolute atomic E-state index is 0.0570. The third-order valence-electron chi connectivity index (χ3n) is 3.57. The number of carbonyl (C=O) groups is 1. The molecule has 0 bridgehead atoms. The maximum atomic E-state index is 12.6. The quantitative estimate of drug-likeness (QED) is 0.604. The Morgan fingerprint density at radius 2 is 1.74 bits per heavy atom. The highest BCUT2D eigenvalue weighted by Crippen LogP contribution is 2.58. The van der Waals surface area contributed by atoms with Crippen LogP contribution in [0.5, 0.6) is 0 Å². The van der Waals surface area contributed by atoms with Crippen molar-refractivity contribution < 1.29 is 27.9 Å². The highest BCUT2D eigenvalue weighted by atomic mass is 31.2. The first-order valence-corrected chi connectivity index (χ1v) is 8.47. The van der Waals surface area contributed by atoms with Gasteiger partial charge >= 0.3 is 13.6 Å². The van der Waals surface area contributed by atoms with Gasteiger partial charge in [0, 0.05) is 20.1 Å². The zero-order valence-corrected chi connectivity index (χ0v) is 14.3. The molecule has 0 aliphatic carbocycles. The first-order chi connectivity index (χ1) is 11.0. The van der Waals surface area contributed by atoms with Gasteiger partial charge in [-0.2, -0.15) is 0 Å². The maximum absolute atomic E-state index is 12.6. The van der Waals surface area contributed by atoms with E-state index in [1.54, 1.807) is 13.0 Å². The summed E-state index contributed by atoms with van der Waals surface area (Å²) in [5.41, 5.74) is 1.24. The second-order valence-electron chi connectivity index (χ2n) is 4.82. The van der Waals surface area contributed by atoms with Crippen molar-refractivity contribution in [3.05, 3.63) is 58.8 Å². The molecule has 0 saturated heterocycles. The van der Waals surface area contributed by atoms with Crippen molar-refractivity contribution in [3.8, 4) is 0 Å². The molecular weight excluding hydrogens is 319 g/mol. The molecule has 7 heteroatoms. The van der Waals surface area contributed by atoms with Gasteiger partial charge < -0.3 is 18.5 Å². The Morgan fingerprint density at radius 3 is 2.26 bits per heavy atom. The Bertz CT molecular complexity index is 684. The number of methoxy groups -OCH3 is 1. The van der Waals surface area contributed by atoms with Gasteiger partial charge in [0.2, 0.25) is 5.50 Å². The third kappa shape index (κ3) is 3.39. The van der Waals surface area contributed by atoms with Crippen molar-refractivity contribution in [3.63, 3.8) is 0 Å². The predicted molar refractivity (Wildman–Crippen MR) is 84.7 cm³/mol. The molecule has 1 aromatic carbocycles. The van der Waals surface area contributed by atoms with Crippen LogP contribution < -0.4 is 0 Å². The molecule has 23 heavy (non-hydrogen) atoms. The summed E-state index contributed by atoms with van der Waals surface area (Å²) in [6, 6.07) is 9.32. The average Bonchev–Trinajstić information content (AvgIpc) is 2.60. The van der Waals surface area contributed by atoms with Gasteiger partial charge in [0.1, 0.15) is 5.76 Å². The Kier molecular flexibility index (Phi) is 5.42. The Balaban J connectivity index is 2.57. The number of carbonyl (C=O) groups excluding carboxylic acids is 1. The molecule has 0 amide bonds. The zero-order valence-electron chi connectivity index (χ0n) is 13.4. The van der Waals surface area contributed by atoms with Gasteiger partial charge in [0.25, 0.3) is 0 Å². The van der Waals surface area contributed by atoms with Crippen LogP contribution in [0.1, 0.15) is 18.4 Å². The number of hydrogen-bond donors (Lipinski definition) is 0. The number of benzene rings is 1. The standard InChI is InChI=1S/C16H19O6P/c1-11-15(16(17)19-2)13(12-8-6-5-7-9-12)10-14(22-11)23(18,20-3)21-4/h5-10,13H,1-4H3. The second kappa shape index (κ2) is 7.13. The molecule has 0 saturated carbocycles. The first-order valence-electron chi connectivity index (χ1n) is 6.92. The van der Waals surface area contributed by atoms with Crippen molar-refractivity contribution >= 4 is 13.6 Å². The largest absolute Gasteiger partial charge is 0.466 e. The molecule has 0 aromatic heterocycles. The number of rotatable bonds is 5. The van der Waals surface area contributed by atoms with Crippen LogP contribution in [0.2, 0.25) is 0 Å². The van der Waals surface area contributed by atoms with E-state index in [-0.39, 0.29) is 5.50 Å². The van der Waals surface area contributed by atoms with E-state index in [0.29, 0.717) is 11.3 Å². The summed E-state index contributed by atoms with van der Waals surface area (Å²) in [6.07, 6.45) is 1.57. The van der Waals surface area contributed by atoms with Crippen LogP contribution in [-0.2, 0) is 27.9 Å². The summed E-state index contributed by atoms with van der Waals surface area (Å²) in [7, 11) is 0.298. The monoisotopic (exact) mass is 338 g/mol. The van der Waals surface area contributed by atoms with Crippen molar-refractivity contribution in [1.29, 1.82) is 0 Å². The molecule has 2 rings (SSSR count). The summed E-state index contributed by atoms with van der Waals surface area (Å²) >= 11 is 0. The third-order valence-corrected chi connectivity index (χ3v) is 5.31. The summed E-state index contributed by atoms with van der Waals surface area (Å²) in [5, 5.41) is 0. The Morgan fingerprint density at radius 1 is 1.13 bits per heavy atom. The summed E-state index contributed by atoms with van der Waals surface area (Å²) in [4.78, 5) is 12.1. The number of allylic oxidation sites excluding steroid dienone is 2. The van der Waals surface area contributed by atoms with Gasteiger partial charge in [-0.3, -0.25) is 4.57 Å². The molecule has 6 nitrogen and oxygen atoms in total. The smallest absolute Gasteiger partial charge is 0.395 e. The summed E-state index contributed by atoms with van der Waals surface area (Å²) < 4.78 is 33.0. The Labute approximate surface area is 135 Å². The van der Waals surface area contributed by atoms with Crippen LogP contribution in [0, 0.1) is 0 Å². The van der Waals surface area contributed by atoms with E-state index >= 15 is 0 Å². The fraction of sp³-hybridized carbons (Fsp3) is 0.312. The van der Waals surface area contributed by atoms with Gasteiger partial charge in [-0.05, 0) is 18.6 Å².